The number of hydrogen-bond donors (Lipinski definition) is 1. The first kappa shape index (κ1) is 12.5. The summed E-state index contributed by atoms with van der Waals surface area (Å²) < 4.78 is 5.01. The van der Waals surface area contributed by atoms with Crippen LogP contribution in [0.25, 0.3) is 0 Å². The number of benzene rings is 1. The van der Waals surface area contributed by atoms with E-state index >= 15 is 0 Å². The van der Waals surface area contributed by atoms with Crippen LogP contribution in [0.3, 0.4) is 0 Å². The highest BCUT2D eigenvalue weighted by atomic mass is 16.5. The van der Waals surface area contributed by atoms with E-state index in [1.165, 1.54) is 0 Å². The minimum Gasteiger partial charge on any atom is -0.460 e. The second-order valence-corrected chi connectivity index (χ2v) is 3.22. The predicted molar refractivity (Wildman–Crippen MR) is 63.7 cm³/mol. The van der Waals surface area contributed by atoms with Gasteiger partial charge in [0.1, 0.15) is 12.6 Å². The maximum atomic E-state index is 11.7. The highest BCUT2D eigenvalue weighted by Crippen LogP contribution is 2.13. The molecule has 16 heavy (non-hydrogen) atoms. The molecule has 0 saturated carbocycles. The molecule has 3 nitrogen and oxygen atoms in total. The zero-order valence-electron chi connectivity index (χ0n) is 9.19. The summed E-state index contributed by atoms with van der Waals surface area (Å²) in [4.78, 5) is 11.7. The summed E-state index contributed by atoms with van der Waals surface area (Å²) in [6, 6.07) is 8.96. The average molecular weight is 218 g/mol. The third-order valence-corrected chi connectivity index (χ3v) is 2.06. The topological polar surface area (TPSA) is 38.3 Å². The van der Waals surface area contributed by atoms with Crippen LogP contribution < -0.4 is 5.32 Å². The van der Waals surface area contributed by atoms with Crippen molar-refractivity contribution in [3.8, 4) is 0 Å². The Morgan fingerprint density at radius 2 is 2.12 bits per heavy atom. The fraction of sp³-hybridized carbons (Fsp3) is 0.231. The molecule has 0 aromatic heterocycles. The molecule has 0 bridgehead atoms. The first-order valence-corrected chi connectivity index (χ1v) is 5.14. The molecule has 0 saturated heterocycles. The van der Waals surface area contributed by atoms with Crippen LogP contribution in [0, 0.1) is 6.92 Å². The number of ether oxygens (including phenoxy) is 1. The molecule has 1 aromatic rings. The van der Waals surface area contributed by atoms with Gasteiger partial charge in [0.2, 0.25) is 0 Å². The molecule has 0 spiro atoms. The Bertz CT molecular complexity index is 335. The third-order valence-electron chi connectivity index (χ3n) is 2.06. The van der Waals surface area contributed by atoms with Crippen molar-refractivity contribution in [3.05, 3.63) is 55.5 Å². The van der Waals surface area contributed by atoms with Crippen LogP contribution in [-0.4, -0.2) is 19.1 Å². The van der Waals surface area contributed by atoms with Gasteiger partial charge < -0.3 is 10.1 Å². The molecule has 0 aliphatic carbocycles. The van der Waals surface area contributed by atoms with Gasteiger partial charge >= 0.3 is 5.97 Å². The molecule has 0 aliphatic heterocycles. The van der Waals surface area contributed by atoms with Crippen molar-refractivity contribution < 1.29 is 9.53 Å². The lowest BCUT2D eigenvalue weighted by Gasteiger charge is -2.16. The zero-order chi connectivity index (χ0) is 11.8. The molecule has 1 aromatic carbocycles. The molecule has 1 unspecified atom stereocenters. The Hall–Kier alpha value is -1.61. The zero-order valence-corrected chi connectivity index (χ0v) is 9.19. The summed E-state index contributed by atoms with van der Waals surface area (Å²) in [6.45, 7) is 7.86. The molecule has 1 radical (unpaired) electrons. The van der Waals surface area contributed by atoms with Gasteiger partial charge in [0.05, 0.1) is 0 Å². The maximum Gasteiger partial charge on any atom is 0.328 e. The smallest absolute Gasteiger partial charge is 0.328 e. The SMILES string of the molecule is [CH2]CNC(C(=O)OCC=C)c1ccccc1. The fourth-order valence-corrected chi connectivity index (χ4v) is 1.35. The predicted octanol–water partition coefficient (Wildman–Crippen LogP) is 1.88. The van der Waals surface area contributed by atoms with E-state index in [0.29, 0.717) is 6.54 Å². The van der Waals surface area contributed by atoms with Gasteiger partial charge in [0.15, 0.2) is 0 Å². The number of carbonyl (C=O) groups excluding carboxylic acids is 1. The van der Waals surface area contributed by atoms with E-state index in [4.69, 9.17) is 4.74 Å². The third kappa shape index (κ3) is 3.51. The quantitative estimate of drug-likeness (QED) is 0.585. The van der Waals surface area contributed by atoms with Gasteiger partial charge in [-0.25, -0.2) is 4.79 Å². The molecule has 3 heteroatoms. The number of esters is 1. The van der Waals surface area contributed by atoms with Crippen LogP contribution in [0.4, 0.5) is 0 Å². The second kappa shape index (κ2) is 6.80. The molecule has 1 atom stereocenters. The van der Waals surface area contributed by atoms with Crippen LogP contribution in [0.2, 0.25) is 0 Å². The van der Waals surface area contributed by atoms with Crippen molar-refractivity contribution in [2.75, 3.05) is 13.2 Å². The van der Waals surface area contributed by atoms with E-state index in [0.717, 1.165) is 5.56 Å². The van der Waals surface area contributed by atoms with Gasteiger partial charge in [0, 0.05) is 0 Å². The van der Waals surface area contributed by atoms with Gasteiger partial charge in [-0.1, -0.05) is 43.0 Å². The number of carbonyl (C=O) groups is 1. The Balaban J connectivity index is 2.74. The van der Waals surface area contributed by atoms with E-state index in [2.05, 4.69) is 18.8 Å². The van der Waals surface area contributed by atoms with Crippen LogP contribution in [0.1, 0.15) is 11.6 Å². The summed E-state index contributed by atoms with van der Waals surface area (Å²) in [5, 5.41) is 2.99. The average Bonchev–Trinajstić information content (AvgIpc) is 2.34. The standard InChI is InChI=1S/C13H16NO2/c1-3-10-16-13(15)12(14-4-2)11-8-6-5-7-9-11/h3,5-9,12,14H,1-2,4,10H2. The van der Waals surface area contributed by atoms with Crippen LogP contribution in [0.5, 0.6) is 0 Å². The van der Waals surface area contributed by atoms with E-state index in [9.17, 15) is 4.79 Å². The highest BCUT2D eigenvalue weighted by Gasteiger charge is 2.20. The van der Waals surface area contributed by atoms with Crippen LogP contribution in [-0.2, 0) is 9.53 Å². The molecular weight excluding hydrogens is 202 g/mol. The number of rotatable bonds is 6. The van der Waals surface area contributed by atoms with E-state index in [-0.39, 0.29) is 12.6 Å². The van der Waals surface area contributed by atoms with Crippen LogP contribution >= 0.6 is 0 Å². The van der Waals surface area contributed by atoms with Crippen LogP contribution in [0.15, 0.2) is 43.0 Å². The summed E-state index contributed by atoms with van der Waals surface area (Å²) in [5.74, 6) is -0.310. The lowest BCUT2D eigenvalue weighted by molar-refractivity contribution is -0.145. The number of hydrogen-bond acceptors (Lipinski definition) is 3. The van der Waals surface area contributed by atoms with Gasteiger partial charge in [0.25, 0.3) is 0 Å². The van der Waals surface area contributed by atoms with Crippen molar-refractivity contribution in [1.82, 2.24) is 5.32 Å². The summed E-state index contributed by atoms with van der Waals surface area (Å²) in [6.07, 6.45) is 1.55. The minimum atomic E-state index is -0.460. The Morgan fingerprint density at radius 1 is 1.44 bits per heavy atom. The molecule has 0 heterocycles. The van der Waals surface area contributed by atoms with Gasteiger partial charge in [-0.05, 0) is 19.0 Å². The van der Waals surface area contributed by atoms with Gasteiger partial charge in [-0.15, -0.1) is 0 Å². The highest BCUT2D eigenvalue weighted by molar-refractivity contribution is 5.77. The van der Waals surface area contributed by atoms with Crippen molar-refractivity contribution in [2.24, 2.45) is 0 Å². The lowest BCUT2D eigenvalue weighted by atomic mass is 10.1. The first-order valence-electron chi connectivity index (χ1n) is 5.14. The molecule has 1 rings (SSSR count). The largest absolute Gasteiger partial charge is 0.460 e. The van der Waals surface area contributed by atoms with Gasteiger partial charge in [-0.3, -0.25) is 0 Å². The lowest BCUT2D eigenvalue weighted by Crippen LogP contribution is -2.30. The van der Waals surface area contributed by atoms with Crippen molar-refractivity contribution in [2.45, 2.75) is 6.04 Å². The molecule has 0 aliphatic rings. The molecule has 0 amide bonds. The Labute approximate surface area is 96.1 Å². The van der Waals surface area contributed by atoms with E-state index in [1.807, 2.05) is 30.3 Å². The summed E-state index contributed by atoms with van der Waals surface area (Å²) >= 11 is 0. The molecular formula is C13H16NO2. The second-order valence-electron chi connectivity index (χ2n) is 3.22. The monoisotopic (exact) mass is 218 g/mol. The molecule has 0 fully saturated rings. The Morgan fingerprint density at radius 3 is 2.69 bits per heavy atom. The summed E-state index contributed by atoms with van der Waals surface area (Å²) in [5.41, 5.74) is 0.875. The Kier molecular flexibility index (Phi) is 5.29. The van der Waals surface area contributed by atoms with E-state index < -0.39 is 6.04 Å². The van der Waals surface area contributed by atoms with Crippen molar-refractivity contribution in [1.29, 1.82) is 0 Å². The van der Waals surface area contributed by atoms with Crippen molar-refractivity contribution in [3.63, 3.8) is 0 Å². The fourth-order valence-electron chi connectivity index (χ4n) is 1.35. The van der Waals surface area contributed by atoms with Gasteiger partial charge in [-0.2, -0.15) is 0 Å². The number of nitrogens with one attached hydrogen (secondary N) is 1. The first-order chi connectivity index (χ1) is 7.79. The maximum absolute atomic E-state index is 11.7. The minimum absolute atomic E-state index is 0.223. The van der Waals surface area contributed by atoms with E-state index in [1.54, 1.807) is 6.08 Å². The molecule has 85 valence electrons. The van der Waals surface area contributed by atoms with Crippen molar-refractivity contribution >= 4 is 5.97 Å². The summed E-state index contributed by atoms with van der Waals surface area (Å²) in [7, 11) is 0. The molecule has 1 N–H and O–H groups in total. The normalized spacial score (nSPS) is 11.8.